The smallest absolute Gasteiger partial charge is 0.273 e. The molecule has 0 aliphatic heterocycles. The van der Waals surface area contributed by atoms with E-state index in [4.69, 9.17) is 9.40 Å². The van der Waals surface area contributed by atoms with Crippen LogP contribution in [0.4, 0.5) is 0 Å². The second kappa shape index (κ2) is 11.6. The minimum Gasteiger partial charge on any atom is -0.448 e. The van der Waals surface area contributed by atoms with Crippen molar-refractivity contribution in [2.24, 2.45) is 0 Å². The van der Waals surface area contributed by atoms with Crippen molar-refractivity contribution in [2.75, 3.05) is 13.1 Å². The Labute approximate surface area is 199 Å². The summed E-state index contributed by atoms with van der Waals surface area (Å²) in [4.78, 5) is 25.7. The van der Waals surface area contributed by atoms with E-state index in [9.17, 15) is 4.79 Å². The summed E-state index contributed by atoms with van der Waals surface area (Å²) in [5.74, 6) is 1.39. The quantitative estimate of drug-likeness (QED) is 0.312. The number of benzene rings is 1. The minimum absolute atomic E-state index is 0.266. The van der Waals surface area contributed by atoms with Crippen molar-refractivity contribution < 1.29 is 9.21 Å². The van der Waals surface area contributed by atoms with Gasteiger partial charge in [-0.15, -0.1) is 0 Å². The highest BCUT2D eigenvalue weighted by Gasteiger charge is 2.13. The SMILES string of the molecule is CCCCn1c(CCNCCc2nc(C(=O)NCc3cc(C)ccn3)co2)nc2ccccc21. The molecular formula is C26H32N6O2. The molecule has 0 aliphatic rings. The Balaban J connectivity index is 1.22. The van der Waals surface area contributed by atoms with E-state index in [1.807, 2.05) is 25.1 Å². The van der Waals surface area contributed by atoms with E-state index in [1.165, 1.54) is 11.8 Å². The number of aromatic nitrogens is 4. The van der Waals surface area contributed by atoms with Crippen molar-refractivity contribution in [3.05, 3.63) is 77.5 Å². The molecule has 0 bridgehead atoms. The van der Waals surface area contributed by atoms with Crippen LogP contribution >= 0.6 is 0 Å². The molecule has 0 unspecified atom stereocenters. The number of unbranched alkanes of at least 4 members (excludes halogenated alkanes) is 1. The third-order valence-corrected chi connectivity index (χ3v) is 5.70. The summed E-state index contributed by atoms with van der Waals surface area (Å²) in [7, 11) is 0. The Morgan fingerprint density at radius 3 is 2.82 bits per heavy atom. The van der Waals surface area contributed by atoms with Gasteiger partial charge in [0.25, 0.3) is 5.91 Å². The van der Waals surface area contributed by atoms with Gasteiger partial charge in [0.15, 0.2) is 11.6 Å². The first-order valence-electron chi connectivity index (χ1n) is 11.9. The minimum atomic E-state index is -0.266. The van der Waals surface area contributed by atoms with Crippen LogP contribution in [0.25, 0.3) is 11.0 Å². The van der Waals surface area contributed by atoms with Gasteiger partial charge in [-0.05, 0) is 43.2 Å². The number of fused-ring (bicyclic) bond motifs is 1. The van der Waals surface area contributed by atoms with E-state index in [-0.39, 0.29) is 11.6 Å². The van der Waals surface area contributed by atoms with Crippen molar-refractivity contribution in [1.82, 2.24) is 30.2 Å². The molecule has 0 radical (unpaired) electrons. The van der Waals surface area contributed by atoms with Crippen molar-refractivity contribution in [2.45, 2.75) is 52.6 Å². The first-order valence-corrected chi connectivity index (χ1v) is 11.9. The van der Waals surface area contributed by atoms with Gasteiger partial charge in [0.05, 0.1) is 23.3 Å². The number of hydrogen-bond donors (Lipinski definition) is 2. The fraction of sp³-hybridized carbons (Fsp3) is 0.385. The van der Waals surface area contributed by atoms with E-state index >= 15 is 0 Å². The Kier molecular flexibility index (Phi) is 8.04. The molecule has 4 rings (SSSR count). The Hall–Kier alpha value is -3.52. The maximum Gasteiger partial charge on any atom is 0.273 e. The number of hydrogen-bond acceptors (Lipinski definition) is 6. The molecule has 1 aromatic carbocycles. The fourth-order valence-corrected chi connectivity index (χ4v) is 3.89. The second-order valence-electron chi connectivity index (χ2n) is 8.41. The number of imidazole rings is 1. The molecule has 0 saturated heterocycles. The maximum absolute atomic E-state index is 12.3. The average Bonchev–Trinajstić information content (AvgIpc) is 3.46. The summed E-state index contributed by atoms with van der Waals surface area (Å²) in [6.45, 7) is 7.07. The lowest BCUT2D eigenvalue weighted by Gasteiger charge is -2.09. The number of oxazole rings is 1. The molecule has 4 aromatic rings. The third-order valence-electron chi connectivity index (χ3n) is 5.70. The van der Waals surface area contributed by atoms with Crippen molar-refractivity contribution in [3.8, 4) is 0 Å². The molecule has 0 saturated carbocycles. The third kappa shape index (κ3) is 6.08. The Bertz CT molecular complexity index is 1230. The molecular weight excluding hydrogens is 428 g/mol. The summed E-state index contributed by atoms with van der Waals surface area (Å²) >= 11 is 0. The van der Waals surface area contributed by atoms with Crippen LogP contribution in [0.1, 0.15) is 53.2 Å². The zero-order valence-electron chi connectivity index (χ0n) is 19.9. The highest BCUT2D eigenvalue weighted by Crippen LogP contribution is 2.17. The van der Waals surface area contributed by atoms with Gasteiger partial charge >= 0.3 is 0 Å². The van der Waals surface area contributed by atoms with Crippen LogP contribution < -0.4 is 10.6 Å². The predicted octanol–water partition coefficient (Wildman–Crippen LogP) is 3.83. The number of aryl methyl sites for hydroxylation is 2. The number of rotatable bonds is 12. The van der Waals surface area contributed by atoms with E-state index in [1.54, 1.807) is 6.20 Å². The van der Waals surface area contributed by atoms with Gasteiger partial charge in [0, 0.05) is 38.7 Å². The Morgan fingerprint density at radius 2 is 1.97 bits per heavy atom. The highest BCUT2D eigenvalue weighted by atomic mass is 16.3. The monoisotopic (exact) mass is 460 g/mol. The molecule has 8 heteroatoms. The van der Waals surface area contributed by atoms with Gasteiger partial charge < -0.3 is 19.6 Å². The molecule has 2 N–H and O–H groups in total. The zero-order valence-corrected chi connectivity index (χ0v) is 19.9. The van der Waals surface area contributed by atoms with Crippen LogP contribution in [0.15, 0.2) is 53.3 Å². The highest BCUT2D eigenvalue weighted by molar-refractivity contribution is 5.91. The van der Waals surface area contributed by atoms with E-state index in [2.05, 4.69) is 50.3 Å². The summed E-state index contributed by atoms with van der Waals surface area (Å²) < 4.78 is 7.82. The van der Waals surface area contributed by atoms with E-state index in [0.29, 0.717) is 25.4 Å². The normalized spacial score (nSPS) is 11.2. The van der Waals surface area contributed by atoms with Crippen LogP contribution in [0.5, 0.6) is 0 Å². The molecule has 3 heterocycles. The topological polar surface area (TPSA) is 97.9 Å². The number of para-hydroxylation sites is 2. The molecule has 0 fully saturated rings. The van der Waals surface area contributed by atoms with Crippen molar-refractivity contribution in [3.63, 3.8) is 0 Å². The molecule has 1 amide bonds. The molecule has 34 heavy (non-hydrogen) atoms. The van der Waals surface area contributed by atoms with Crippen LogP contribution in [0, 0.1) is 6.92 Å². The first kappa shape index (κ1) is 23.6. The van der Waals surface area contributed by atoms with Crippen LogP contribution in [0.3, 0.4) is 0 Å². The summed E-state index contributed by atoms with van der Waals surface area (Å²) in [6, 6.07) is 12.2. The van der Waals surface area contributed by atoms with Gasteiger partial charge in [-0.2, -0.15) is 0 Å². The fourth-order valence-electron chi connectivity index (χ4n) is 3.89. The summed E-state index contributed by atoms with van der Waals surface area (Å²) in [5, 5.41) is 6.27. The number of pyridine rings is 1. The second-order valence-corrected chi connectivity index (χ2v) is 8.41. The number of carbonyl (C=O) groups is 1. The van der Waals surface area contributed by atoms with Crippen LogP contribution in [0.2, 0.25) is 0 Å². The predicted molar refractivity (Wildman–Crippen MR) is 132 cm³/mol. The van der Waals surface area contributed by atoms with Gasteiger partial charge in [0.1, 0.15) is 12.1 Å². The maximum atomic E-state index is 12.3. The lowest BCUT2D eigenvalue weighted by atomic mass is 10.2. The first-order chi connectivity index (χ1) is 16.6. The standard InChI is InChI=1S/C26H32N6O2/c1-3-4-15-32-23-8-6-5-7-21(23)30-24(32)10-12-27-13-11-25-31-22(18-34-25)26(33)29-17-20-16-19(2)9-14-28-20/h5-9,14,16,18,27H,3-4,10-13,15,17H2,1-2H3,(H,29,33). The lowest BCUT2D eigenvalue weighted by Crippen LogP contribution is -2.24. The van der Waals surface area contributed by atoms with Crippen LogP contribution in [-0.2, 0) is 25.9 Å². The van der Waals surface area contributed by atoms with Crippen molar-refractivity contribution >= 4 is 16.9 Å². The van der Waals surface area contributed by atoms with Gasteiger partial charge in [-0.25, -0.2) is 9.97 Å². The number of nitrogens with zero attached hydrogens (tertiary/aromatic N) is 4. The van der Waals surface area contributed by atoms with E-state index < -0.39 is 0 Å². The van der Waals surface area contributed by atoms with Gasteiger partial charge in [0.2, 0.25) is 0 Å². The number of carbonyl (C=O) groups excluding carboxylic acids is 1. The van der Waals surface area contributed by atoms with Crippen LogP contribution in [-0.4, -0.2) is 38.5 Å². The summed E-state index contributed by atoms with van der Waals surface area (Å²) in [5.41, 5.74) is 4.46. The molecule has 3 aromatic heterocycles. The number of amides is 1. The molecule has 0 spiro atoms. The average molecular weight is 461 g/mol. The molecule has 0 atom stereocenters. The molecule has 0 aliphatic carbocycles. The van der Waals surface area contributed by atoms with Gasteiger partial charge in [-0.1, -0.05) is 25.5 Å². The molecule has 8 nitrogen and oxygen atoms in total. The van der Waals surface area contributed by atoms with E-state index in [0.717, 1.165) is 55.0 Å². The van der Waals surface area contributed by atoms with Gasteiger partial charge in [-0.3, -0.25) is 9.78 Å². The molecule has 178 valence electrons. The van der Waals surface area contributed by atoms with Crippen molar-refractivity contribution in [1.29, 1.82) is 0 Å². The number of nitrogens with one attached hydrogen (secondary N) is 2. The zero-order chi connectivity index (χ0) is 23.8. The Morgan fingerprint density at radius 1 is 1.12 bits per heavy atom. The largest absolute Gasteiger partial charge is 0.448 e. The lowest BCUT2D eigenvalue weighted by molar-refractivity contribution is 0.0945. The summed E-state index contributed by atoms with van der Waals surface area (Å²) in [6.07, 6.45) is 6.90.